The van der Waals surface area contributed by atoms with Crippen LogP contribution < -0.4 is 5.32 Å². The first kappa shape index (κ1) is 10.5. The van der Waals surface area contributed by atoms with Gasteiger partial charge in [0.2, 0.25) is 0 Å². The first-order valence-electron chi connectivity index (χ1n) is 6.15. The zero-order valence-corrected chi connectivity index (χ0v) is 10.1. The van der Waals surface area contributed by atoms with Crippen LogP contribution in [0.2, 0.25) is 0 Å². The second-order valence-electron chi connectivity index (χ2n) is 5.00. The third-order valence-corrected chi connectivity index (χ3v) is 3.74. The van der Waals surface area contributed by atoms with Crippen LogP contribution in [0.5, 0.6) is 0 Å². The maximum absolute atomic E-state index is 3.67. The second-order valence-corrected chi connectivity index (χ2v) is 5.00. The standard InChI is InChI=1S/C16H17N/c1-16(15-9-3-2-4-10-15)11-13-7-5-6-8-14(13)12-17-16/h2-10,17H,11-12H2,1H3. The van der Waals surface area contributed by atoms with Crippen LogP contribution in [0.1, 0.15) is 23.6 Å². The average Bonchev–Trinajstić information content (AvgIpc) is 2.40. The fourth-order valence-corrected chi connectivity index (χ4v) is 2.65. The number of hydrogen-bond acceptors (Lipinski definition) is 1. The lowest BCUT2D eigenvalue weighted by molar-refractivity contribution is 0.340. The molecule has 0 aliphatic carbocycles. The van der Waals surface area contributed by atoms with Crippen molar-refractivity contribution in [2.45, 2.75) is 25.4 Å². The highest BCUT2D eigenvalue weighted by Gasteiger charge is 2.30. The van der Waals surface area contributed by atoms with Crippen molar-refractivity contribution in [1.82, 2.24) is 5.32 Å². The molecule has 0 spiro atoms. The van der Waals surface area contributed by atoms with Gasteiger partial charge in [-0.05, 0) is 30.0 Å². The molecule has 0 amide bonds. The van der Waals surface area contributed by atoms with Crippen molar-refractivity contribution in [2.24, 2.45) is 0 Å². The van der Waals surface area contributed by atoms with Gasteiger partial charge in [0.1, 0.15) is 0 Å². The molecule has 0 saturated heterocycles. The lowest BCUT2D eigenvalue weighted by Gasteiger charge is -2.36. The predicted octanol–water partition coefficient (Wildman–Crippen LogP) is 3.25. The molecular weight excluding hydrogens is 206 g/mol. The van der Waals surface area contributed by atoms with E-state index < -0.39 is 0 Å². The van der Waals surface area contributed by atoms with E-state index in [1.807, 2.05) is 0 Å². The topological polar surface area (TPSA) is 12.0 Å². The average molecular weight is 223 g/mol. The normalized spacial score (nSPS) is 23.1. The van der Waals surface area contributed by atoms with Crippen LogP contribution in [-0.2, 0) is 18.5 Å². The minimum absolute atomic E-state index is 0.0651. The Morgan fingerprint density at radius 2 is 1.53 bits per heavy atom. The molecular formula is C16H17N. The van der Waals surface area contributed by atoms with Gasteiger partial charge in [0.05, 0.1) is 0 Å². The Balaban J connectivity index is 1.98. The maximum atomic E-state index is 3.67. The van der Waals surface area contributed by atoms with E-state index in [1.54, 1.807) is 0 Å². The highest BCUT2D eigenvalue weighted by atomic mass is 15.0. The molecule has 2 aromatic rings. The second kappa shape index (κ2) is 4.01. The summed E-state index contributed by atoms with van der Waals surface area (Å²) in [7, 11) is 0. The first-order valence-corrected chi connectivity index (χ1v) is 6.15. The lowest BCUT2D eigenvalue weighted by atomic mass is 9.81. The third-order valence-electron chi connectivity index (χ3n) is 3.74. The van der Waals surface area contributed by atoms with Gasteiger partial charge in [-0.3, -0.25) is 0 Å². The molecule has 1 aliphatic rings. The molecule has 0 radical (unpaired) electrons. The Kier molecular flexibility index (Phi) is 2.49. The summed E-state index contributed by atoms with van der Waals surface area (Å²) in [5.41, 5.74) is 4.34. The molecule has 86 valence electrons. The Bertz CT molecular complexity index is 518. The summed E-state index contributed by atoms with van der Waals surface area (Å²) in [6.45, 7) is 3.25. The van der Waals surface area contributed by atoms with Crippen molar-refractivity contribution >= 4 is 0 Å². The minimum Gasteiger partial charge on any atom is -0.303 e. The van der Waals surface area contributed by atoms with Gasteiger partial charge >= 0.3 is 0 Å². The molecule has 2 aromatic carbocycles. The Morgan fingerprint density at radius 1 is 0.882 bits per heavy atom. The fraction of sp³-hybridized carbons (Fsp3) is 0.250. The van der Waals surface area contributed by atoms with Gasteiger partial charge in [0.15, 0.2) is 0 Å². The molecule has 0 aromatic heterocycles. The molecule has 1 nitrogen and oxygen atoms in total. The Morgan fingerprint density at radius 3 is 2.29 bits per heavy atom. The molecule has 1 heteroatoms. The van der Waals surface area contributed by atoms with Gasteiger partial charge in [0.25, 0.3) is 0 Å². The number of fused-ring (bicyclic) bond motifs is 1. The van der Waals surface area contributed by atoms with E-state index >= 15 is 0 Å². The highest BCUT2D eigenvalue weighted by molar-refractivity contribution is 5.35. The van der Waals surface area contributed by atoms with Crippen LogP contribution in [0.3, 0.4) is 0 Å². The van der Waals surface area contributed by atoms with Crippen molar-refractivity contribution < 1.29 is 0 Å². The van der Waals surface area contributed by atoms with Crippen molar-refractivity contribution in [3.8, 4) is 0 Å². The largest absolute Gasteiger partial charge is 0.303 e. The molecule has 1 N–H and O–H groups in total. The van der Waals surface area contributed by atoms with Crippen LogP contribution in [0, 0.1) is 0 Å². The summed E-state index contributed by atoms with van der Waals surface area (Å²) < 4.78 is 0. The molecule has 3 rings (SSSR count). The van der Waals surface area contributed by atoms with Crippen molar-refractivity contribution in [1.29, 1.82) is 0 Å². The van der Waals surface area contributed by atoms with Gasteiger partial charge in [0, 0.05) is 12.1 Å². The van der Waals surface area contributed by atoms with E-state index in [1.165, 1.54) is 16.7 Å². The van der Waals surface area contributed by atoms with E-state index in [0.717, 1.165) is 13.0 Å². The van der Waals surface area contributed by atoms with Gasteiger partial charge in [-0.1, -0.05) is 54.6 Å². The van der Waals surface area contributed by atoms with E-state index in [4.69, 9.17) is 0 Å². The van der Waals surface area contributed by atoms with Crippen LogP contribution in [0.15, 0.2) is 54.6 Å². The monoisotopic (exact) mass is 223 g/mol. The predicted molar refractivity (Wildman–Crippen MR) is 70.8 cm³/mol. The number of hydrogen-bond donors (Lipinski definition) is 1. The lowest BCUT2D eigenvalue weighted by Crippen LogP contribution is -2.44. The van der Waals surface area contributed by atoms with Crippen molar-refractivity contribution in [3.05, 3.63) is 71.3 Å². The van der Waals surface area contributed by atoms with Crippen molar-refractivity contribution in [2.75, 3.05) is 0 Å². The molecule has 1 unspecified atom stereocenters. The summed E-state index contributed by atoms with van der Waals surface area (Å²) in [5, 5.41) is 3.67. The van der Waals surface area contributed by atoms with Crippen LogP contribution >= 0.6 is 0 Å². The van der Waals surface area contributed by atoms with Gasteiger partial charge < -0.3 is 5.32 Å². The van der Waals surface area contributed by atoms with E-state index in [2.05, 4.69) is 66.8 Å². The summed E-state index contributed by atoms with van der Waals surface area (Å²) >= 11 is 0. The fourth-order valence-electron chi connectivity index (χ4n) is 2.65. The van der Waals surface area contributed by atoms with E-state index in [0.29, 0.717) is 0 Å². The summed E-state index contributed by atoms with van der Waals surface area (Å²) in [5.74, 6) is 0. The zero-order valence-electron chi connectivity index (χ0n) is 10.1. The van der Waals surface area contributed by atoms with Gasteiger partial charge in [-0.15, -0.1) is 0 Å². The molecule has 1 heterocycles. The first-order chi connectivity index (χ1) is 8.28. The van der Waals surface area contributed by atoms with Crippen molar-refractivity contribution in [3.63, 3.8) is 0 Å². The van der Waals surface area contributed by atoms with E-state index in [9.17, 15) is 0 Å². The Hall–Kier alpha value is -1.60. The molecule has 0 bridgehead atoms. The zero-order chi connectivity index (χ0) is 11.7. The van der Waals surface area contributed by atoms with E-state index in [-0.39, 0.29) is 5.54 Å². The summed E-state index contributed by atoms with van der Waals surface area (Å²) in [6, 6.07) is 19.4. The Labute approximate surface area is 102 Å². The SMILES string of the molecule is CC1(c2ccccc2)Cc2ccccc2CN1. The highest BCUT2D eigenvalue weighted by Crippen LogP contribution is 2.30. The van der Waals surface area contributed by atoms with Gasteiger partial charge in [-0.25, -0.2) is 0 Å². The smallest absolute Gasteiger partial charge is 0.0449 e. The third kappa shape index (κ3) is 1.87. The van der Waals surface area contributed by atoms with Crippen LogP contribution in [0.25, 0.3) is 0 Å². The van der Waals surface area contributed by atoms with Gasteiger partial charge in [-0.2, -0.15) is 0 Å². The number of nitrogens with one attached hydrogen (secondary N) is 1. The summed E-state index contributed by atoms with van der Waals surface area (Å²) in [6.07, 6.45) is 1.06. The molecule has 17 heavy (non-hydrogen) atoms. The number of benzene rings is 2. The van der Waals surface area contributed by atoms with Crippen LogP contribution in [-0.4, -0.2) is 0 Å². The maximum Gasteiger partial charge on any atom is 0.0449 e. The molecule has 1 aliphatic heterocycles. The summed E-state index contributed by atoms with van der Waals surface area (Å²) in [4.78, 5) is 0. The molecule has 0 fully saturated rings. The molecule has 1 atom stereocenters. The number of rotatable bonds is 1. The van der Waals surface area contributed by atoms with Crippen LogP contribution in [0.4, 0.5) is 0 Å². The molecule has 0 saturated carbocycles. The minimum atomic E-state index is 0.0651. The quantitative estimate of drug-likeness (QED) is 0.782.